The van der Waals surface area contributed by atoms with Gasteiger partial charge in [0.25, 0.3) is 0 Å². The fraction of sp³-hybridized carbons (Fsp3) is 0.562. The molecule has 1 atom stereocenters. The molecule has 19 heavy (non-hydrogen) atoms. The van der Waals surface area contributed by atoms with Crippen molar-refractivity contribution in [1.29, 1.82) is 0 Å². The normalized spacial score (nSPS) is 21.3. The van der Waals surface area contributed by atoms with Crippen LogP contribution >= 0.6 is 0 Å². The summed E-state index contributed by atoms with van der Waals surface area (Å²) < 4.78 is 0. The standard InChI is InChI=1S/C16H23NO2/c1-16(2)11-6-9-14(16)17(12-10-15(18)19)13-7-4-3-5-8-13/h3-5,7-8,14H,6,9-12H2,1-2H3,(H,18,19). The van der Waals surface area contributed by atoms with Gasteiger partial charge in [0.05, 0.1) is 6.42 Å². The van der Waals surface area contributed by atoms with Gasteiger partial charge in [0, 0.05) is 18.3 Å². The Morgan fingerprint density at radius 1 is 1.37 bits per heavy atom. The highest BCUT2D eigenvalue weighted by atomic mass is 16.4. The molecule has 0 bridgehead atoms. The Bertz CT molecular complexity index is 428. The zero-order chi connectivity index (χ0) is 13.9. The Balaban J connectivity index is 2.21. The molecule has 2 rings (SSSR count). The number of carboxylic acids is 1. The Kier molecular flexibility index (Phi) is 4.13. The minimum atomic E-state index is -0.725. The minimum absolute atomic E-state index is 0.196. The topological polar surface area (TPSA) is 40.5 Å². The Morgan fingerprint density at radius 3 is 2.58 bits per heavy atom. The van der Waals surface area contributed by atoms with Crippen LogP contribution in [0.4, 0.5) is 5.69 Å². The summed E-state index contributed by atoms with van der Waals surface area (Å²) in [6, 6.07) is 10.6. The largest absolute Gasteiger partial charge is 0.481 e. The molecule has 1 N–H and O–H groups in total. The fourth-order valence-electron chi connectivity index (χ4n) is 3.19. The lowest BCUT2D eigenvalue weighted by molar-refractivity contribution is -0.136. The van der Waals surface area contributed by atoms with Crippen LogP contribution in [-0.4, -0.2) is 23.7 Å². The van der Waals surface area contributed by atoms with E-state index in [2.05, 4.69) is 30.9 Å². The first-order chi connectivity index (χ1) is 9.00. The molecule has 1 saturated carbocycles. The zero-order valence-electron chi connectivity index (χ0n) is 11.8. The molecule has 0 spiro atoms. The molecular formula is C16H23NO2. The van der Waals surface area contributed by atoms with Crippen LogP contribution in [-0.2, 0) is 4.79 Å². The highest BCUT2D eigenvalue weighted by Crippen LogP contribution is 2.42. The van der Waals surface area contributed by atoms with Gasteiger partial charge in [0.15, 0.2) is 0 Å². The van der Waals surface area contributed by atoms with Gasteiger partial charge in [-0.05, 0) is 30.4 Å². The molecule has 0 radical (unpaired) electrons. The van der Waals surface area contributed by atoms with Crippen molar-refractivity contribution >= 4 is 11.7 Å². The van der Waals surface area contributed by atoms with Crippen LogP contribution in [0.3, 0.4) is 0 Å². The zero-order valence-corrected chi connectivity index (χ0v) is 11.8. The van der Waals surface area contributed by atoms with Crippen molar-refractivity contribution in [3.63, 3.8) is 0 Å². The van der Waals surface area contributed by atoms with Crippen molar-refractivity contribution in [1.82, 2.24) is 0 Å². The number of hydrogen-bond donors (Lipinski definition) is 1. The lowest BCUT2D eigenvalue weighted by Crippen LogP contribution is -2.43. The third kappa shape index (κ3) is 3.28. The third-order valence-electron chi connectivity index (χ3n) is 4.23. The molecule has 0 saturated heterocycles. The van der Waals surface area contributed by atoms with E-state index in [0.29, 0.717) is 12.6 Å². The van der Waals surface area contributed by atoms with Gasteiger partial charge in [-0.2, -0.15) is 0 Å². The third-order valence-corrected chi connectivity index (χ3v) is 4.23. The van der Waals surface area contributed by atoms with Crippen LogP contribution < -0.4 is 4.90 Å². The maximum atomic E-state index is 10.9. The molecule has 1 aromatic rings. The minimum Gasteiger partial charge on any atom is -0.481 e. The van der Waals surface area contributed by atoms with E-state index in [4.69, 9.17) is 5.11 Å². The molecule has 1 unspecified atom stereocenters. The SMILES string of the molecule is CC1(C)CCCC1N(CCC(=O)O)c1ccccc1. The second kappa shape index (κ2) is 5.64. The van der Waals surface area contributed by atoms with Crippen LogP contribution in [0.1, 0.15) is 39.5 Å². The Labute approximate surface area is 115 Å². The summed E-state index contributed by atoms with van der Waals surface area (Å²) >= 11 is 0. The first kappa shape index (κ1) is 13.9. The van der Waals surface area contributed by atoms with Crippen molar-refractivity contribution in [2.75, 3.05) is 11.4 Å². The first-order valence-corrected chi connectivity index (χ1v) is 7.04. The van der Waals surface area contributed by atoms with Gasteiger partial charge in [0.2, 0.25) is 0 Å². The summed E-state index contributed by atoms with van der Waals surface area (Å²) in [6.45, 7) is 5.18. The van der Waals surface area contributed by atoms with E-state index in [0.717, 1.165) is 12.1 Å². The van der Waals surface area contributed by atoms with Crippen LogP contribution in [0.25, 0.3) is 0 Å². The Hall–Kier alpha value is -1.51. The molecule has 0 aliphatic heterocycles. The molecule has 1 fully saturated rings. The highest BCUT2D eigenvalue weighted by molar-refractivity contribution is 5.67. The molecule has 1 aliphatic carbocycles. The van der Waals surface area contributed by atoms with Gasteiger partial charge in [-0.1, -0.05) is 38.5 Å². The second-order valence-corrected chi connectivity index (χ2v) is 6.07. The number of carboxylic acid groups (broad SMARTS) is 1. The molecule has 0 heterocycles. The summed E-state index contributed by atoms with van der Waals surface area (Å²) in [5.74, 6) is -0.725. The molecule has 1 aromatic carbocycles. The van der Waals surface area contributed by atoms with Crippen molar-refractivity contribution in [2.24, 2.45) is 5.41 Å². The number of nitrogens with zero attached hydrogens (tertiary/aromatic N) is 1. The van der Waals surface area contributed by atoms with E-state index in [1.54, 1.807) is 0 Å². The monoisotopic (exact) mass is 261 g/mol. The fourth-order valence-corrected chi connectivity index (χ4v) is 3.19. The van der Waals surface area contributed by atoms with Crippen molar-refractivity contribution < 1.29 is 9.90 Å². The average molecular weight is 261 g/mol. The van der Waals surface area contributed by atoms with E-state index in [1.807, 2.05) is 18.2 Å². The first-order valence-electron chi connectivity index (χ1n) is 7.04. The van der Waals surface area contributed by atoms with Gasteiger partial charge >= 0.3 is 5.97 Å². The average Bonchev–Trinajstić information content (AvgIpc) is 2.71. The Morgan fingerprint density at radius 2 is 2.05 bits per heavy atom. The van der Waals surface area contributed by atoms with Gasteiger partial charge in [0.1, 0.15) is 0 Å². The maximum absolute atomic E-state index is 10.9. The van der Waals surface area contributed by atoms with Gasteiger partial charge in [-0.3, -0.25) is 4.79 Å². The number of carbonyl (C=O) groups is 1. The van der Waals surface area contributed by atoms with Gasteiger partial charge < -0.3 is 10.0 Å². The van der Waals surface area contributed by atoms with Crippen LogP contribution in [0, 0.1) is 5.41 Å². The van der Waals surface area contributed by atoms with Crippen LogP contribution in [0.15, 0.2) is 30.3 Å². The van der Waals surface area contributed by atoms with E-state index >= 15 is 0 Å². The number of anilines is 1. The molecule has 0 aromatic heterocycles. The smallest absolute Gasteiger partial charge is 0.305 e. The number of para-hydroxylation sites is 1. The van der Waals surface area contributed by atoms with Gasteiger partial charge in [-0.25, -0.2) is 0 Å². The predicted octanol–water partition coefficient (Wildman–Crippen LogP) is 3.55. The quantitative estimate of drug-likeness (QED) is 0.881. The number of benzene rings is 1. The van der Waals surface area contributed by atoms with E-state index < -0.39 is 5.97 Å². The molecule has 1 aliphatic rings. The molecule has 104 valence electrons. The van der Waals surface area contributed by atoms with E-state index in [9.17, 15) is 4.79 Å². The predicted molar refractivity (Wildman–Crippen MR) is 77.5 cm³/mol. The lowest BCUT2D eigenvalue weighted by atomic mass is 9.86. The summed E-state index contributed by atoms with van der Waals surface area (Å²) in [6.07, 6.45) is 3.80. The van der Waals surface area contributed by atoms with Crippen molar-refractivity contribution in [3.05, 3.63) is 30.3 Å². The van der Waals surface area contributed by atoms with E-state index in [-0.39, 0.29) is 11.8 Å². The van der Waals surface area contributed by atoms with Crippen LogP contribution in [0.2, 0.25) is 0 Å². The molecule has 3 nitrogen and oxygen atoms in total. The van der Waals surface area contributed by atoms with Gasteiger partial charge in [-0.15, -0.1) is 0 Å². The van der Waals surface area contributed by atoms with Crippen molar-refractivity contribution in [3.8, 4) is 0 Å². The number of hydrogen-bond acceptors (Lipinski definition) is 2. The lowest BCUT2D eigenvalue weighted by Gasteiger charge is -2.39. The summed E-state index contributed by atoms with van der Waals surface area (Å²) in [5, 5.41) is 8.96. The molecular weight excluding hydrogens is 238 g/mol. The summed E-state index contributed by atoms with van der Waals surface area (Å²) in [4.78, 5) is 13.2. The second-order valence-electron chi connectivity index (χ2n) is 6.07. The molecule has 0 amide bonds. The summed E-state index contributed by atoms with van der Waals surface area (Å²) in [7, 11) is 0. The van der Waals surface area contributed by atoms with E-state index in [1.165, 1.54) is 12.8 Å². The highest BCUT2D eigenvalue weighted by Gasteiger charge is 2.38. The molecule has 3 heteroatoms. The summed E-state index contributed by atoms with van der Waals surface area (Å²) in [5.41, 5.74) is 1.40. The number of aliphatic carboxylic acids is 1. The number of rotatable bonds is 5. The van der Waals surface area contributed by atoms with Crippen molar-refractivity contribution in [2.45, 2.75) is 45.6 Å². The van der Waals surface area contributed by atoms with Crippen LogP contribution in [0.5, 0.6) is 0 Å². The maximum Gasteiger partial charge on any atom is 0.305 e.